The molecule has 2 unspecified atom stereocenters. The van der Waals surface area contributed by atoms with E-state index >= 15 is 0 Å². The Kier molecular flexibility index (Phi) is 39.5. The van der Waals surface area contributed by atoms with Gasteiger partial charge in [0.25, 0.3) is 0 Å². The molecule has 0 fully saturated rings. The molecule has 9 nitrogen and oxygen atoms in total. The molecule has 2 atom stereocenters. The van der Waals surface area contributed by atoms with E-state index in [4.69, 9.17) is 14.9 Å². The molecule has 0 aliphatic carbocycles. The van der Waals surface area contributed by atoms with Crippen LogP contribution in [0.1, 0.15) is 213 Å². The second-order valence-electron chi connectivity index (χ2n) is 15.5. The zero-order chi connectivity index (χ0) is 41.2. The van der Waals surface area contributed by atoms with Gasteiger partial charge in [-0.15, -0.1) is 0 Å². The summed E-state index contributed by atoms with van der Waals surface area (Å²) in [7, 11) is 0. The molecule has 0 bridgehead atoms. The lowest BCUT2D eigenvalue weighted by atomic mass is 10.0. The second kappa shape index (κ2) is 41.7. The maximum Gasteiger partial charge on any atom is 0.328 e. The predicted octanol–water partition coefficient (Wildman–Crippen LogP) is 11.4. The molecule has 2 amide bonds. The van der Waals surface area contributed by atoms with E-state index in [9.17, 15) is 19.2 Å². The Labute approximate surface area is 342 Å². The Morgan fingerprint density at radius 2 is 1.00 bits per heavy atom. The van der Waals surface area contributed by atoms with Crippen molar-refractivity contribution < 1.29 is 34.1 Å². The molecule has 0 aromatic heterocycles. The van der Waals surface area contributed by atoms with Gasteiger partial charge in [0.2, 0.25) is 11.8 Å². The lowest BCUT2D eigenvalue weighted by molar-refractivity contribution is -0.147. The third-order valence-corrected chi connectivity index (χ3v) is 10.1. The van der Waals surface area contributed by atoms with Crippen molar-refractivity contribution in [2.45, 2.75) is 225 Å². The Balaban J connectivity index is 4.15. The molecule has 0 saturated heterocycles. The maximum atomic E-state index is 12.7. The summed E-state index contributed by atoms with van der Waals surface area (Å²) in [6.45, 7) is 3.37. The van der Waals surface area contributed by atoms with Crippen LogP contribution >= 0.6 is 0 Å². The predicted molar refractivity (Wildman–Crippen MR) is 231 cm³/mol. The average Bonchev–Trinajstić information content (AvgIpc) is 3.18. The van der Waals surface area contributed by atoms with Crippen molar-refractivity contribution in [3.63, 3.8) is 0 Å². The van der Waals surface area contributed by atoms with E-state index in [2.05, 4.69) is 54.9 Å². The van der Waals surface area contributed by atoms with Crippen LogP contribution in [-0.4, -0.2) is 59.3 Å². The Bertz CT molecular complexity index is 1040. The number of ether oxygens (including phenoxy) is 1. The van der Waals surface area contributed by atoms with Crippen molar-refractivity contribution >= 4 is 23.8 Å². The minimum absolute atomic E-state index is 0.0993. The fraction of sp³-hybridized carbons (Fsp3) is 0.787. The zero-order valence-electron chi connectivity index (χ0n) is 35.9. The average molecular weight is 789 g/mol. The fourth-order valence-electron chi connectivity index (χ4n) is 6.65. The summed E-state index contributed by atoms with van der Waals surface area (Å²) < 4.78 is 5.92. The van der Waals surface area contributed by atoms with Gasteiger partial charge in [-0.2, -0.15) is 0 Å². The largest absolute Gasteiger partial charge is 0.480 e. The molecule has 0 heterocycles. The molecule has 0 rings (SSSR count). The van der Waals surface area contributed by atoms with E-state index in [0.717, 1.165) is 70.6 Å². The first-order valence-corrected chi connectivity index (χ1v) is 22.9. The number of hydrogen-bond donors (Lipinski definition) is 4. The van der Waals surface area contributed by atoms with Crippen molar-refractivity contribution in [1.82, 2.24) is 10.6 Å². The van der Waals surface area contributed by atoms with E-state index in [1.54, 1.807) is 0 Å². The van der Waals surface area contributed by atoms with Gasteiger partial charge in [0, 0.05) is 12.8 Å². The number of aliphatic hydroxyl groups is 1. The number of carboxylic acids is 1. The van der Waals surface area contributed by atoms with Gasteiger partial charge in [-0.25, -0.2) is 4.79 Å². The standard InChI is InChI=1S/C47H84N2O7/c1-3-5-7-9-11-13-14-15-16-17-18-19-20-21-22-23-25-31-35-39-46(53)56-42(36-32-28-24-12-10-8-6-4-2)37-33-29-26-27-30-34-38-44(51)48-40-45(52)49-43(41-50)47(54)55/h6,8,12,24,32,36,42-43,50H,3-5,7,9-11,13-23,25-31,33-35,37-41H2,1-2H3,(H,48,51)(H,49,52)(H,54,55)/b8-6-,24-12-,36-32-. The van der Waals surface area contributed by atoms with Crippen molar-refractivity contribution in [3.05, 3.63) is 36.5 Å². The molecule has 0 aliphatic heterocycles. The van der Waals surface area contributed by atoms with Crippen LogP contribution < -0.4 is 10.6 Å². The number of rotatable bonds is 41. The number of carbonyl (C=O) groups excluding carboxylic acids is 3. The van der Waals surface area contributed by atoms with Crippen LogP contribution in [0.2, 0.25) is 0 Å². The number of amides is 2. The van der Waals surface area contributed by atoms with Crippen molar-refractivity contribution in [2.24, 2.45) is 0 Å². The third kappa shape index (κ3) is 38.0. The lowest BCUT2D eigenvalue weighted by Gasteiger charge is -2.15. The minimum Gasteiger partial charge on any atom is -0.480 e. The van der Waals surface area contributed by atoms with Gasteiger partial charge in [0.1, 0.15) is 12.1 Å². The summed E-state index contributed by atoms with van der Waals surface area (Å²) in [5.74, 6) is -2.35. The first-order chi connectivity index (χ1) is 27.3. The lowest BCUT2D eigenvalue weighted by Crippen LogP contribution is -2.47. The first kappa shape index (κ1) is 53.1. The molecule has 4 N–H and O–H groups in total. The van der Waals surface area contributed by atoms with Gasteiger partial charge < -0.3 is 25.6 Å². The van der Waals surface area contributed by atoms with E-state index in [0.29, 0.717) is 19.3 Å². The molecular weight excluding hydrogens is 705 g/mol. The van der Waals surface area contributed by atoms with Crippen LogP contribution in [0.25, 0.3) is 0 Å². The molecule has 0 aromatic rings. The minimum atomic E-state index is -1.38. The first-order valence-electron chi connectivity index (χ1n) is 22.9. The van der Waals surface area contributed by atoms with Crippen molar-refractivity contribution in [3.8, 4) is 0 Å². The zero-order valence-corrected chi connectivity index (χ0v) is 35.9. The summed E-state index contributed by atoms with van der Waals surface area (Å²) in [5, 5.41) is 22.5. The van der Waals surface area contributed by atoms with Crippen LogP contribution in [0, 0.1) is 0 Å². The third-order valence-electron chi connectivity index (χ3n) is 10.1. The summed E-state index contributed by atoms with van der Waals surface area (Å²) in [5.41, 5.74) is 0. The van der Waals surface area contributed by atoms with Crippen molar-refractivity contribution in [1.29, 1.82) is 0 Å². The number of carboxylic acid groups (broad SMARTS) is 1. The summed E-state index contributed by atoms with van der Waals surface area (Å²) in [4.78, 5) is 47.4. The maximum absolute atomic E-state index is 12.7. The van der Waals surface area contributed by atoms with Crippen LogP contribution in [0.15, 0.2) is 36.5 Å². The molecule has 56 heavy (non-hydrogen) atoms. The number of allylic oxidation sites excluding steroid dienone is 5. The molecule has 9 heteroatoms. The van der Waals surface area contributed by atoms with Gasteiger partial charge >= 0.3 is 11.9 Å². The van der Waals surface area contributed by atoms with Crippen molar-refractivity contribution in [2.75, 3.05) is 13.2 Å². The van der Waals surface area contributed by atoms with Crippen LogP contribution in [0.4, 0.5) is 0 Å². The summed E-state index contributed by atoms with van der Waals surface area (Å²) >= 11 is 0. The normalized spacial score (nSPS) is 12.8. The molecular formula is C47H84N2O7. The SMILES string of the molecule is CC/C=C\C/C=C\C/C=C\C(CCCCCCCCC(=O)NCC(=O)NC(CO)C(=O)O)OC(=O)CCCCCCCCCCCCCCCCCCCCC. The van der Waals surface area contributed by atoms with Gasteiger partial charge in [0.05, 0.1) is 13.2 Å². The number of hydrogen-bond acceptors (Lipinski definition) is 6. The Morgan fingerprint density at radius 3 is 1.48 bits per heavy atom. The van der Waals surface area contributed by atoms with Crippen LogP contribution in [0.5, 0.6) is 0 Å². The highest BCUT2D eigenvalue weighted by Gasteiger charge is 2.18. The number of nitrogens with one attached hydrogen (secondary N) is 2. The molecule has 0 saturated carbocycles. The Morgan fingerprint density at radius 1 is 0.554 bits per heavy atom. The highest BCUT2D eigenvalue weighted by molar-refractivity contribution is 5.87. The smallest absolute Gasteiger partial charge is 0.328 e. The highest BCUT2D eigenvalue weighted by Crippen LogP contribution is 2.17. The van der Waals surface area contributed by atoms with E-state index in [1.165, 1.54) is 109 Å². The molecule has 324 valence electrons. The Hall–Kier alpha value is -2.94. The van der Waals surface area contributed by atoms with Crippen LogP contribution in [0.3, 0.4) is 0 Å². The van der Waals surface area contributed by atoms with Gasteiger partial charge in [-0.1, -0.05) is 185 Å². The number of aliphatic hydroxyl groups excluding tert-OH is 1. The topological polar surface area (TPSA) is 142 Å². The summed E-state index contributed by atoms with van der Waals surface area (Å²) in [6, 6.07) is -1.38. The van der Waals surface area contributed by atoms with Gasteiger partial charge in [0.15, 0.2) is 0 Å². The van der Waals surface area contributed by atoms with E-state index in [-0.39, 0.29) is 24.5 Å². The number of unbranched alkanes of at least 4 members (excludes halogenated alkanes) is 23. The van der Waals surface area contributed by atoms with E-state index in [1.807, 2.05) is 6.08 Å². The number of carbonyl (C=O) groups is 4. The molecule has 0 spiro atoms. The monoisotopic (exact) mass is 789 g/mol. The molecule has 0 aliphatic rings. The van der Waals surface area contributed by atoms with Gasteiger partial charge in [-0.05, 0) is 51.0 Å². The molecule has 0 radical (unpaired) electrons. The van der Waals surface area contributed by atoms with Gasteiger partial charge in [-0.3, -0.25) is 14.4 Å². The van der Waals surface area contributed by atoms with E-state index < -0.39 is 24.5 Å². The van der Waals surface area contributed by atoms with Crippen LogP contribution in [-0.2, 0) is 23.9 Å². The number of esters is 1. The quantitative estimate of drug-likeness (QED) is 0.0274. The number of aliphatic carboxylic acids is 1. The highest BCUT2D eigenvalue weighted by atomic mass is 16.5. The summed E-state index contributed by atoms with van der Waals surface area (Å²) in [6.07, 6.45) is 47.8. The fourth-order valence-corrected chi connectivity index (χ4v) is 6.65. The molecule has 0 aromatic carbocycles. The second-order valence-corrected chi connectivity index (χ2v) is 15.5.